The van der Waals surface area contributed by atoms with Crippen LogP contribution in [0, 0.1) is 20.8 Å². The molecule has 0 amide bonds. The fourth-order valence-corrected chi connectivity index (χ4v) is 2.89. The molecule has 0 unspecified atom stereocenters. The Morgan fingerprint density at radius 2 is 1.54 bits per heavy atom. The van der Waals surface area contributed by atoms with Gasteiger partial charge in [0.25, 0.3) is 0 Å². The number of rotatable bonds is 5. The highest BCUT2D eigenvalue weighted by molar-refractivity contribution is 5.66. The molecule has 6 heteroatoms. The first kappa shape index (κ1) is 17.7. The molecule has 0 radical (unpaired) electrons. The standard InChI is InChI=1S/C20H24N6/c1-13-10-14(2)19(15(3)11-13)23-18-12-21-25-20(24-18)22-16-6-8-17(9-7-16)26(4)5/h6-12H,1-5H3,(H2,22,23,24,25). The van der Waals surface area contributed by atoms with Crippen LogP contribution in [0.3, 0.4) is 0 Å². The summed E-state index contributed by atoms with van der Waals surface area (Å²) in [6, 6.07) is 12.4. The maximum atomic E-state index is 4.52. The van der Waals surface area contributed by atoms with Gasteiger partial charge in [0.15, 0.2) is 5.82 Å². The quantitative estimate of drug-likeness (QED) is 0.714. The van der Waals surface area contributed by atoms with Gasteiger partial charge in [-0.1, -0.05) is 17.7 Å². The number of aromatic nitrogens is 3. The predicted molar refractivity (Wildman–Crippen MR) is 108 cm³/mol. The molecule has 0 atom stereocenters. The van der Waals surface area contributed by atoms with E-state index in [9.17, 15) is 0 Å². The molecule has 0 saturated heterocycles. The van der Waals surface area contributed by atoms with Crippen molar-refractivity contribution in [2.75, 3.05) is 29.6 Å². The minimum atomic E-state index is 0.454. The third-order valence-corrected chi connectivity index (χ3v) is 4.13. The summed E-state index contributed by atoms with van der Waals surface area (Å²) in [5.74, 6) is 1.11. The van der Waals surface area contributed by atoms with Gasteiger partial charge in [0.2, 0.25) is 5.95 Å². The second-order valence-corrected chi connectivity index (χ2v) is 6.63. The molecular weight excluding hydrogens is 324 g/mol. The monoisotopic (exact) mass is 348 g/mol. The maximum absolute atomic E-state index is 4.52. The zero-order valence-electron chi connectivity index (χ0n) is 15.8. The molecule has 0 bridgehead atoms. The molecule has 3 aromatic rings. The third-order valence-electron chi connectivity index (χ3n) is 4.13. The molecule has 3 rings (SSSR count). The molecule has 134 valence electrons. The summed E-state index contributed by atoms with van der Waals surface area (Å²) in [7, 11) is 4.03. The van der Waals surface area contributed by atoms with E-state index in [-0.39, 0.29) is 0 Å². The van der Waals surface area contributed by atoms with E-state index in [1.807, 2.05) is 38.4 Å². The zero-order chi connectivity index (χ0) is 18.7. The van der Waals surface area contributed by atoms with Crippen LogP contribution in [-0.2, 0) is 0 Å². The first-order valence-electron chi connectivity index (χ1n) is 8.51. The highest BCUT2D eigenvalue weighted by Crippen LogP contribution is 2.25. The van der Waals surface area contributed by atoms with E-state index in [1.165, 1.54) is 16.7 Å². The summed E-state index contributed by atoms with van der Waals surface area (Å²) in [6.07, 6.45) is 1.62. The van der Waals surface area contributed by atoms with E-state index >= 15 is 0 Å². The molecular formula is C20H24N6. The molecule has 0 spiro atoms. The van der Waals surface area contributed by atoms with Gasteiger partial charge in [0.05, 0.1) is 6.20 Å². The van der Waals surface area contributed by atoms with Crippen LogP contribution in [0.5, 0.6) is 0 Å². The van der Waals surface area contributed by atoms with Gasteiger partial charge >= 0.3 is 0 Å². The zero-order valence-corrected chi connectivity index (χ0v) is 15.8. The lowest BCUT2D eigenvalue weighted by molar-refractivity contribution is 0.981. The van der Waals surface area contributed by atoms with Crippen LogP contribution in [-0.4, -0.2) is 29.3 Å². The second kappa shape index (κ2) is 7.39. The van der Waals surface area contributed by atoms with Crippen molar-refractivity contribution < 1.29 is 0 Å². The van der Waals surface area contributed by atoms with E-state index < -0.39 is 0 Å². The number of benzene rings is 2. The summed E-state index contributed by atoms with van der Waals surface area (Å²) in [4.78, 5) is 6.57. The highest BCUT2D eigenvalue weighted by atomic mass is 15.3. The predicted octanol–water partition coefficient (Wildman–Crippen LogP) is 4.35. The number of nitrogens with zero attached hydrogens (tertiary/aromatic N) is 4. The molecule has 6 nitrogen and oxygen atoms in total. The summed E-state index contributed by atoms with van der Waals surface area (Å²) >= 11 is 0. The van der Waals surface area contributed by atoms with Crippen LogP contribution < -0.4 is 15.5 Å². The van der Waals surface area contributed by atoms with Gasteiger partial charge in [-0.15, -0.1) is 5.10 Å². The topological polar surface area (TPSA) is 66.0 Å². The fraction of sp³-hybridized carbons (Fsp3) is 0.250. The third kappa shape index (κ3) is 4.08. The molecule has 0 fully saturated rings. The van der Waals surface area contributed by atoms with Gasteiger partial charge in [0, 0.05) is 31.2 Å². The highest BCUT2D eigenvalue weighted by Gasteiger charge is 2.07. The van der Waals surface area contributed by atoms with Crippen LogP contribution in [0.15, 0.2) is 42.6 Å². The summed E-state index contributed by atoms with van der Waals surface area (Å²) in [5, 5.41) is 14.7. The van der Waals surface area contributed by atoms with E-state index in [1.54, 1.807) is 6.20 Å². The molecule has 0 aliphatic rings. The smallest absolute Gasteiger partial charge is 0.249 e. The normalized spacial score (nSPS) is 10.5. The Morgan fingerprint density at radius 1 is 0.885 bits per heavy atom. The molecule has 0 aliphatic heterocycles. The molecule has 0 aliphatic carbocycles. The number of anilines is 5. The summed E-state index contributed by atoms with van der Waals surface area (Å²) < 4.78 is 0. The Kier molecular flexibility index (Phi) is 5.02. The molecule has 1 aromatic heterocycles. The Morgan fingerprint density at radius 3 is 2.15 bits per heavy atom. The number of hydrogen-bond acceptors (Lipinski definition) is 6. The molecule has 1 heterocycles. The van der Waals surface area contributed by atoms with Gasteiger partial charge in [0.1, 0.15) is 0 Å². The second-order valence-electron chi connectivity index (χ2n) is 6.63. The SMILES string of the molecule is Cc1cc(C)c(Nc2cnnc(Nc3ccc(N(C)C)cc3)n2)c(C)c1. The van der Waals surface area contributed by atoms with E-state index in [2.05, 4.69) is 63.6 Å². The van der Waals surface area contributed by atoms with E-state index in [0.717, 1.165) is 17.1 Å². The largest absolute Gasteiger partial charge is 0.378 e. The lowest BCUT2D eigenvalue weighted by atomic mass is 10.1. The first-order valence-corrected chi connectivity index (χ1v) is 8.51. The summed E-state index contributed by atoms with van der Waals surface area (Å²) in [6.45, 7) is 6.27. The van der Waals surface area contributed by atoms with Crippen LogP contribution in [0.4, 0.5) is 28.8 Å². The van der Waals surface area contributed by atoms with Crippen molar-refractivity contribution in [2.45, 2.75) is 20.8 Å². The van der Waals surface area contributed by atoms with Crippen molar-refractivity contribution >= 4 is 28.8 Å². The van der Waals surface area contributed by atoms with Gasteiger partial charge in [-0.25, -0.2) is 0 Å². The number of hydrogen-bond donors (Lipinski definition) is 2. The Labute approximate surface area is 154 Å². The molecule has 2 N–H and O–H groups in total. The van der Waals surface area contributed by atoms with Crippen LogP contribution in [0.25, 0.3) is 0 Å². The van der Waals surface area contributed by atoms with Gasteiger partial charge in [-0.2, -0.15) is 10.1 Å². The Balaban J connectivity index is 1.78. The maximum Gasteiger partial charge on any atom is 0.249 e. The Bertz CT molecular complexity index is 879. The van der Waals surface area contributed by atoms with Crippen LogP contribution in [0.1, 0.15) is 16.7 Å². The van der Waals surface area contributed by atoms with Crippen molar-refractivity contribution in [3.63, 3.8) is 0 Å². The van der Waals surface area contributed by atoms with Crippen LogP contribution in [0.2, 0.25) is 0 Å². The van der Waals surface area contributed by atoms with Gasteiger partial charge < -0.3 is 15.5 Å². The lowest BCUT2D eigenvalue weighted by Gasteiger charge is -2.14. The number of nitrogens with one attached hydrogen (secondary N) is 2. The molecule has 26 heavy (non-hydrogen) atoms. The van der Waals surface area contributed by atoms with Crippen LogP contribution >= 0.6 is 0 Å². The lowest BCUT2D eigenvalue weighted by Crippen LogP contribution is -2.08. The molecule has 0 saturated carbocycles. The minimum Gasteiger partial charge on any atom is -0.378 e. The summed E-state index contributed by atoms with van der Waals surface area (Å²) in [5.41, 5.74) is 6.70. The van der Waals surface area contributed by atoms with Crippen molar-refractivity contribution in [3.05, 3.63) is 59.3 Å². The average Bonchev–Trinajstić information content (AvgIpc) is 2.59. The molecule has 2 aromatic carbocycles. The average molecular weight is 348 g/mol. The fourth-order valence-electron chi connectivity index (χ4n) is 2.89. The van der Waals surface area contributed by atoms with E-state index in [4.69, 9.17) is 0 Å². The van der Waals surface area contributed by atoms with Crippen molar-refractivity contribution in [1.29, 1.82) is 0 Å². The van der Waals surface area contributed by atoms with Crippen molar-refractivity contribution in [3.8, 4) is 0 Å². The van der Waals surface area contributed by atoms with Crippen molar-refractivity contribution in [1.82, 2.24) is 15.2 Å². The Hall–Kier alpha value is -3.15. The minimum absolute atomic E-state index is 0.454. The van der Waals surface area contributed by atoms with Gasteiger partial charge in [-0.05, 0) is 56.2 Å². The van der Waals surface area contributed by atoms with E-state index in [0.29, 0.717) is 11.8 Å². The van der Waals surface area contributed by atoms with Crippen molar-refractivity contribution in [2.24, 2.45) is 0 Å². The first-order chi connectivity index (χ1) is 12.4. The number of aryl methyl sites for hydroxylation is 3. The van der Waals surface area contributed by atoms with Gasteiger partial charge in [-0.3, -0.25) is 0 Å².